The summed E-state index contributed by atoms with van der Waals surface area (Å²) in [6.45, 7) is 12.4. The van der Waals surface area contributed by atoms with Gasteiger partial charge in [-0.3, -0.25) is 4.99 Å². The van der Waals surface area contributed by atoms with Crippen molar-refractivity contribution in [3.63, 3.8) is 0 Å². The first-order valence-electron chi connectivity index (χ1n) is 10.1. The third kappa shape index (κ3) is 5.37. The van der Waals surface area contributed by atoms with Crippen LogP contribution >= 0.6 is 0 Å². The lowest BCUT2D eigenvalue weighted by atomic mass is 9.79. The van der Waals surface area contributed by atoms with E-state index in [1.165, 1.54) is 5.69 Å². The Hall–Kier alpha value is -1.75. The van der Waals surface area contributed by atoms with Crippen molar-refractivity contribution in [2.75, 3.05) is 50.8 Å². The summed E-state index contributed by atoms with van der Waals surface area (Å²) < 4.78 is 0. The Morgan fingerprint density at radius 3 is 2.27 bits per heavy atom. The number of anilines is 1. The molecule has 0 aromatic heterocycles. The maximum atomic E-state index is 9.44. The molecule has 1 aliphatic rings. The van der Waals surface area contributed by atoms with Gasteiger partial charge in [-0.25, -0.2) is 0 Å². The molecular weight excluding hydrogens is 324 g/mol. The molecule has 2 rings (SSSR count). The molecule has 5 nitrogen and oxygen atoms in total. The number of nitrogens with zero attached hydrogens (tertiary/aromatic N) is 3. The minimum absolute atomic E-state index is 0.112. The Kier molecular flexibility index (Phi) is 8.23. The number of hydrogen-bond donors (Lipinski definition) is 2. The zero-order valence-electron chi connectivity index (χ0n) is 16.7. The molecule has 26 heavy (non-hydrogen) atoms. The van der Waals surface area contributed by atoms with E-state index in [0.717, 1.165) is 64.5 Å². The monoisotopic (exact) mass is 360 g/mol. The van der Waals surface area contributed by atoms with Crippen LogP contribution in [0.2, 0.25) is 0 Å². The van der Waals surface area contributed by atoms with E-state index in [4.69, 9.17) is 4.99 Å². The molecule has 1 aromatic carbocycles. The minimum atomic E-state index is 0.112. The predicted molar refractivity (Wildman–Crippen MR) is 111 cm³/mol. The lowest BCUT2D eigenvalue weighted by molar-refractivity contribution is 0.175. The fourth-order valence-corrected chi connectivity index (χ4v) is 3.63. The number of guanidine groups is 1. The van der Waals surface area contributed by atoms with E-state index in [0.29, 0.717) is 0 Å². The third-order valence-corrected chi connectivity index (χ3v) is 5.74. The standard InChI is InChI=1S/C21H36N4O/c1-4-21(5-2,12-17-26)18-23-20(22-6-3)25-15-13-24(14-16-25)19-10-8-7-9-11-19/h7-11,26H,4-6,12-18H2,1-3H3,(H,22,23). The first-order valence-corrected chi connectivity index (χ1v) is 10.1. The van der Waals surface area contributed by atoms with Gasteiger partial charge in [-0.05, 0) is 43.7 Å². The fraction of sp³-hybridized carbons (Fsp3) is 0.667. The highest BCUT2D eigenvalue weighted by molar-refractivity contribution is 5.80. The Balaban J connectivity index is 2.01. The van der Waals surface area contributed by atoms with Crippen LogP contribution < -0.4 is 10.2 Å². The molecule has 1 fully saturated rings. The molecule has 0 bridgehead atoms. The number of hydrogen-bond acceptors (Lipinski definition) is 3. The molecule has 0 spiro atoms. The van der Waals surface area contributed by atoms with Gasteiger partial charge in [0.15, 0.2) is 5.96 Å². The molecule has 1 aromatic rings. The normalized spacial score (nSPS) is 16.1. The molecule has 1 saturated heterocycles. The number of aliphatic hydroxyl groups is 1. The van der Waals surface area contributed by atoms with Crippen molar-refractivity contribution in [3.8, 4) is 0 Å². The molecule has 2 N–H and O–H groups in total. The largest absolute Gasteiger partial charge is 0.396 e. The Labute approximate surface area is 159 Å². The zero-order valence-corrected chi connectivity index (χ0v) is 16.7. The first kappa shape index (κ1) is 20.6. The molecular formula is C21H36N4O. The average Bonchev–Trinajstić information content (AvgIpc) is 2.71. The number of rotatable bonds is 8. The van der Waals surface area contributed by atoms with Crippen molar-refractivity contribution in [2.24, 2.45) is 10.4 Å². The highest BCUT2D eigenvalue weighted by Gasteiger charge is 2.26. The molecule has 0 radical (unpaired) electrons. The van der Waals surface area contributed by atoms with E-state index >= 15 is 0 Å². The number of para-hydroxylation sites is 1. The third-order valence-electron chi connectivity index (χ3n) is 5.74. The molecule has 5 heteroatoms. The number of piperazine rings is 1. The van der Waals surface area contributed by atoms with Crippen LogP contribution in [0, 0.1) is 5.41 Å². The Bertz CT molecular complexity index is 534. The molecule has 1 heterocycles. The molecule has 0 unspecified atom stereocenters. The smallest absolute Gasteiger partial charge is 0.194 e. The van der Waals surface area contributed by atoms with Gasteiger partial charge in [-0.1, -0.05) is 32.0 Å². The van der Waals surface area contributed by atoms with E-state index in [2.05, 4.69) is 66.2 Å². The summed E-state index contributed by atoms with van der Waals surface area (Å²) in [6.07, 6.45) is 2.92. The highest BCUT2D eigenvalue weighted by Crippen LogP contribution is 2.30. The molecule has 146 valence electrons. The lowest BCUT2D eigenvalue weighted by Gasteiger charge is -2.38. The van der Waals surface area contributed by atoms with Crippen LogP contribution in [0.3, 0.4) is 0 Å². The zero-order chi connectivity index (χ0) is 18.8. The number of benzene rings is 1. The highest BCUT2D eigenvalue weighted by atomic mass is 16.3. The lowest BCUT2D eigenvalue weighted by Crippen LogP contribution is -2.52. The molecule has 0 atom stereocenters. The quantitative estimate of drug-likeness (QED) is 0.553. The van der Waals surface area contributed by atoms with Crippen molar-refractivity contribution in [1.82, 2.24) is 10.2 Å². The summed E-state index contributed by atoms with van der Waals surface area (Å²) in [4.78, 5) is 9.78. The van der Waals surface area contributed by atoms with Crippen molar-refractivity contribution in [2.45, 2.75) is 40.0 Å². The second-order valence-corrected chi connectivity index (χ2v) is 7.16. The van der Waals surface area contributed by atoms with Crippen LogP contribution in [0.4, 0.5) is 5.69 Å². The van der Waals surface area contributed by atoms with E-state index in [1.54, 1.807) is 0 Å². The van der Waals surface area contributed by atoms with E-state index in [9.17, 15) is 5.11 Å². The summed E-state index contributed by atoms with van der Waals surface area (Å²) in [5, 5.41) is 12.9. The van der Waals surface area contributed by atoms with Gasteiger partial charge < -0.3 is 20.2 Å². The van der Waals surface area contributed by atoms with Crippen LogP contribution in [0.1, 0.15) is 40.0 Å². The number of aliphatic hydroxyl groups excluding tert-OH is 1. The van der Waals surface area contributed by atoms with Gasteiger partial charge >= 0.3 is 0 Å². The van der Waals surface area contributed by atoms with Gasteiger partial charge in [0.1, 0.15) is 0 Å². The maximum absolute atomic E-state index is 9.44. The van der Waals surface area contributed by atoms with Crippen molar-refractivity contribution in [3.05, 3.63) is 30.3 Å². The topological polar surface area (TPSA) is 51.1 Å². The summed E-state index contributed by atoms with van der Waals surface area (Å²) in [7, 11) is 0. The minimum Gasteiger partial charge on any atom is -0.396 e. The van der Waals surface area contributed by atoms with E-state index < -0.39 is 0 Å². The van der Waals surface area contributed by atoms with E-state index in [1.807, 2.05) is 0 Å². The fourth-order valence-electron chi connectivity index (χ4n) is 3.63. The van der Waals surface area contributed by atoms with Crippen LogP contribution in [0.5, 0.6) is 0 Å². The van der Waals surface area contributed by atoms with Crippen LogP contribution in [-0.4, -0.2) is 61.8 Å². The van der Waals surface area contributed by atoms with Crippen molar-refractivity contribution >= 4 is 11.6 Å². The van der Waals surface area contributed by atoms with Gasteiger partial charge in [0.2, 0.25) is 0 Å². The van der Waals surface area contributed by atoms with Crippen LogP contribution in [-0.2, 0) is 0 Å². The molecule has 0 aliphatic carbocycles. The van der Waals surface area contributed by atoms with E-state index in [-0.39, 0.29) is 12.0 Å². The van der Waals surface area contributed by atoms with Gasteiger partial charge in [-0.2, -0.15) is 0 Å². The summed E-state index contributed by atoms with van der Waals surface area (Å²) in [5.74, 6) is 1.02. The SMILES string of the molecule is CCNC(=NCC(CC)(CC)CCO)N1CCN(c2ccccc2)CC1. The molecule has 0 saturated carbocycles. The van der Waals surface area contributed by atoms with Crippen LogP contribution in [0.15, 0.2) is 35.3 Å². The van der Waals surface area contributed by atoms with Crippen LogP contribution in [0.25, 0.3) is 0 Å². The Morgan fingerprint density at radius 1 is 1.08 bits per heavy atom. The van der Waals surface area contributed by atoms with Gasteiger partial charge in [0.25, 0.3) is 0 Å². The maximum Gasteiger partial charge on any atom is 0.194 e. The van der Waals surface area contributed by atoms with Gasteiger partial charge in [0.05, 0.1) is 0 Å². The summed E-state index contributed by atoms with van der Waals surface area (Å²) in [5.41, 5.74) is 1.41. The Morgan fingerprint density at radius 2 is 1.73 bits per heavy atom. The van der Waals surface area contributed by atoms with Crippen molar-refractivity contribution < 1.29 is 5.11 Å². The summed E-state index contributed by atoms with van der Waals surface area (Å²) >= 11 is 0. The van der Waals surface area contributed by atoms with Gasteiger partial charge in [-0.15, -0.1) is 0 Å². The predicted octanol–water partition coefficient (Wildman–Crippen LogP) is 2.96. The summed E-state index contributed by atoms with van der Waals surface area (Å²) in [6, 6.07) is 10.6. The van der Waals surface area contributed by atoms with Gasteiger partial charge in [0, 0.05) is 51.6 Å². The second kappa shape index (κ2) is 10.4. The average molecular weight is 361 g/mol. The number of nitrogens with one attached hydrogen (secondary N) is 1. The van der Waals surface area contributed by atoms with Crippen molar-refractivity contribution in [1.29, 1.82) is 0 Å². The number of aliphatic imine (C=N–C) groups is 1. The first-order chi connectivity index (χ1) is 12.7. The molecule has 1 aliphatic heterocycles. The molecule has 0 amide bonds. The second-order valence-electron chi connectivity index (χ2n) is 7.16.